The first kappa shape index (κ1) is 25.3. The third kappa shape index (κ3) is 6.66. The van der Waals surface area contributed by atoms with Gasteiger partial charge in [-0.3, -0.25) is 19.9 Å². The Bertz CT molecular complexity index is 1200. The van der Waals surface area contributed by atoms with Gasteiger partial charge in [-0.05, 0) is 60.9 Å². The van der Waals surface area contributed by atoms with Gasteiger partial charge in [-0.1, -0.05) is 40.9 Å². The number of nitrogens with one attached hydrogen (secondary N) is 1. The highest BCUT2D eigenvalue weighted by molar-refractivity contribution is 6.35. The number of aromatic nitrogens is 1. The quantitative estimate of drug-likeness (QED) is 0.387. The zero-order valence-corrected chi connectivity index (χ0v) is 21.1. The molecule has 2 heterocycles. The lowest BCUT2D eigenvalue weighted by Crippen LogP contribution is -2.42. The Kier molecular flexibility index (Phi) is 8.50. The molecule has 0 saturated carbocycles. The van der Waals surface area contributed by atoms with E-state index in [4.69, 9.17) is 39.5 Å². The molecule has 0 atom stereocenters. The zero-order valence-electron chi connectivity index (χ0n) is 18.8. The third-order valence-corrected chi connectivity index (χ3v) is 6.87. The number of nitrogens with zero attached hydrogens (tertiary/aromatic N) is 2. The van der Waals surface area contributed by atoms with Crippen molar-refractivity contribution in [2.45, 2.75) is 19.3 Å². The van der Waals surface area contributed by atoms with Crippen LogP contribution >= 0.6 is 34.8 Å². The number of amides is 2. The van der Waals surface area contributed by atoms with Crippen LogP contribution in [0.5, 0.6) is 5.75 Å². The van der Waals surface area contributed by atoms with E-state index in [1.165, 1.54) is 0 Å². The van der Waals surface area contributed by atoms with Crippen LogP contribution in [0.25, 0.3) is 0 Å². The van der Waals surface area contributed by atoms with Crippen LogP contribution in [-0.4, -0.2) is 36.5 Å². The molecule has 0 spiro atoms. The van der Waals surface area contributed by atoms with Crippen LogP contribution in [0.1, 0.15) is 28.8 Å². The van der Waals surface area contributed by atoms with E-state index >= 15 is 0 Å². The minimum atomic E-state index is -0.478. The standard InChI is InChI=1S/C26H24Cl3N3O3/c27-20-3-1-17(23(29)16-20)9-14-35-24-15-19(2-4-22(24)28)26(34)31-25(33)18-7-12-32(13-8-18)21-5-10-30-11-6-21/h1-6,10-11,15-16,18H,7-9,12-14H2,(H,31,33,34). The van der Waals surface area contributed by atoms with Gasteiger partial charge in [0.2, 0.25) is 5.91 Å². The average Bonchev–Trinajstić information content (AvgIpc) is 2.87. The van der Waals surface area contributed by atoms with Crippen LogP contribution in [0.2, 0.25) is 15.1 Å². The van der Waals surface area contributed by atoms with Crippen molar-refractivity contribution in [1.82, 2.24) is 10.3 Å². The topological polar surface area (TPSA) is 71.5 Å². The average molecular weight is 533 g/mol. The lowest BCUT2D eigenvalue weighted by Gasteiger charge is -2.32. The van der Waals surface area contributed by atoms with Gasteiger partial charge < -0.3 is 9.64 Å². The molecule has 182 valence electrons. The minimum absolute atomic E-state index is 0.218. The summed E-state index contributed by atoms with van der Waals surface area (Å²) in [6, 6.07) is 13.9. The van der Waals surface area contributed by atoms with E-state index in [0.717, 1.165) is 24.3 Å². The molecular weight excluding hydrogens is 509 g/mol. The monoisotopic (exact) mass is 531 g/mol. The predicted octanol–water partition coefficient (Wildman–Crippen LogP) is 5.84. The number of hydrogen-bond acceptors (Lipinski definition) is 5. The zero-order chi connectivity index (χ0) is 24.8. The van der Waals surface area contributed by atoms with Crippen LogP contribution < -0.4 is 15.0 Å². The molecule has 35 heavy (non-hydrogen) atoms. The molecule has 1 aromatic heterocycles. The van der Waals surface area contributed by atoms with Crippen molar-refractivity contribution in [3.05, 3.63) is 87.1 Å². The van der Waals surface area contributed by atoms with Crippen molar-refractivity contribution >= 4 is 52.3 Å². The van der Waals surface area contributed by atoms with Crippen LogP contribution in [0.3, 0.4) is 0 Å². The number of anilines is 1. The van der Waals surface area contributed by atoms with E-state index in [-0.39, 0.29) is 11.8 Å². The van der Waals surface area contributed by atoms with Gasteiger partial charge in [0, 0.05) is 59.1 Å². The molecule has 3 aromatic rings. The van der Waals surface area contributed by atoms with Gasteiger partial charge in [0.25, 0.3) is 5.91 Å². The normalized spacial score (nSPS) is 14.0. The van der Waals surface area contributed by atoms with Crippen molar-refractivity contribution in [2.75, 3.05) is 24.6 Å². The van der Waals surface area contributed by atoms with Crippen molar-refractivity contribution in [3.8, 4) is 5.75 Å². The summed E-state index contributed by atoms with van der Waals surface area (Å²) in [5.41, 5.74) is 2.28. The molecule has 9 heteroatoms. The number of carbonyl (C=O) groups excluding carboxylic acids is 2. The smallest absolute Gasteiger partial charge is 0.257 e. The number of ether oxygens (including phenoxy) is 1. The lowest BCUT2D eigenvalue weighted by molar-refractivity contribution is -0.124. The number of pyridine rings is 1. The summed E-state index contributed by atoms with van der Waals surface area (Å²) < 4.78 is 5.79. The molecule has 1 aliphatic rings. The third-order valence-electron chi connectivity index (χ3n) is 5.97. The summed E-state index contributed by atoms with van der Waals surface area (Å²) in [6.45, 7) is 1.79. The van der Waals surface area contributed by atoms with E-state index in [0.29, 0.717) is 52.3 Å². The number of piperidine rings is 1. The summed E-state index contributed by atoms with van der Waals surface area (Å²) in [7, 11) is 0. The van der Waals surface area contributed by atoms with Crippen LogP contribution in [-0.2, 0) is 11.2 Å². The maximum absolute atomic E-state index is 12.7. The van der Waals surface area contributed by atoms with Gasteiger partial charge in [0.15, 0.2) is 0 Å². The Balaban J connectivity index is 1.30. The summed E-state index contributed by atoms with van der Waals surface area (Å²) in [4.78, 5) is 31.7. The van der Waals surface area contributed by atoms with Gasteiger partial charge in [0.1, 0.15) is 5.75 Å². The van der Waals surface area contributed by atoms with E-state index in [1.54, 1.807) is 42.7 Å². The first-order chi connectivity index (χ1) is 16.9. The van der Waals surface area contributed by atoms with Crippen molar-refractivity contribution < 1.29 is 14.3 Å². The fourth-order valence-electron chi connectivity index (χ4n) is 3.99. The van der Waals surface area contributed by atoms with Gasteiger partial charge in [0.05, 0.1) is 11.6 Å². The van der Waals surface area contributed by atoms with Gasteiger partial charge in [-0.25, -0.2) is 0 Å². The molecule has 0 bridgehead atoms. The summed E-state index contributed by atoms with van der Waals surface area (Å²) >= 11 is 18.4. The number of halogens is 3. The first-order valence-electron chi connectivity index (χ1n) is 11.3. The highest BCUT2D eigenvalue weighted by Gasteiger charge is 2.26. The first-order valence-corrected chi connectivity index (χ1v) is 12.4. The Morgan fingerprint density at radius 2 is 1.71 bits per heavy atom. The molecule has 4 rings (SSSR count). The second kappa shape index (κ2) is 11.8. The molecule has 1 fully saturated rings. The summed E-state index contributed by atoms with van der Waals surface area (Å²) in [6.07, 6.45) is 5.39. The molecule has 0 aliphatic carbocycles. The summed E-state index contributed by atoms with van der Waals surface area (Å²) in [5.74, 6) is -0.598. The second-order valence-corrected chi connectivity index (χ2v) is 9.52. The number of imide groups is 1. The molecule has 1 aliphatic heterocycles. The van der Waals surface area contributed by atoms with Gasteiger partial charge in [-0.15, -0.1) is 0 Å². The number of carbonyl (C=O) groups is 2. The van der Waals surface area contributed by atoms with Crippen molar-refractivity contribution in [1.29, 1.82) is 0 Å². The molecule has 6 nitrogen and oxygen atoms in total. The second-order valence-electron chi connectivity index (χ2n) is 8.26. The largest absolute Gasteiger partial charge is 0.492 e. The van der Waals surface area contributed by atoms with E-state index in [9.17, 15) is 9.59 Å². The molecule has 0 unspecified atom stereocenters. The maximum Gasteiger partial charge on any atom is 0.257 e. The Hall–Kier alpha value is -2.80. The van der Waals surface area contributed by atoms with Crippen LogP contribution in [0, 0.1) is 5.92 Å². The van der Waals surface area contributed by atoms with Crippen LogP contribution in [0.4, 0.5) is 5.69 Å². The fourth-order valence-corrected chi connectivity index (χ4v) is 4.67. The highest BCUT2D eigenvalue weighted by atomic mass is 35.5. The predicted molar refractivity (Wildman–Crippen MR) is 139 cm³/mol. The Labute approximate surface area is 219 Å². The van der Waals surface area contributed by atoms with Crippen molar-refractivity contribution in [3.63, 3.8) is 0 Å². The molecular formula is C26H24Cl3N3O3. The molecule has 1 N–H and O–H groups in total. The Morgan fingerprint density at radius 1 is 0.971 bits per heavy atom. The fraction of sp³-hybridized carbons (Fsp3) is 0.269. The number of rotatable bonds is 7. The minimum Gasteiger partial charge on any atom is -0.492 e. The number of benzene rings is 2. The van der Waals surface area contributed by atoms with Gasteiger partial charge in [-0.2, -0.15) is 0 Å². The van der Waals surface area contributed by atoms with Crippen molar-refractivity contribution in [2.24, 2.45) is 5.92 Å². The molecule has 2 amide bonds. The SMILES string of the molecule is O=C(NC(=O)C1CCN(c2ccncc2)CC1)c1ccc(Cl)c(OCCc2ccc(Cl)cc2Cl)c1. The maximum atomic E-state index is 12.7. The molecule has 0 radical (unpaired) electrons. The van der Waals surface area contributed by atoms with Gasteiger partial charge >= 0.3 is 0 Å². The number of hydrogen-bond donors (Lipinski definition) is 1. The van der Waals surface area contributed by atoms with E-state index in [2.05, 4.69) is 15.2 Å². The Morgan fingerprint density at radius 3 is 2.43 bits per heavy atom. The summed E-state index contributed by atoms with van der Waals surface area (Å²) in [5, 5.41) is 4.03. The molecule has 2 aromatic carbocycles. The highest BCUT2D eigenvalue weighted by Crippen LogP contribution is 2.27. The lowest BCUT2D eigenvalue weighted by atomic mass is 9.95. The van der Waals surface area contributed by atoms with Crippen LogP contribution in [0.15, 0.2) is 60.9 Å². The van der Waals surface area contributed by atoms with E-state index < -0.39 is 5.91 Å². The van der Waals surface area contributed by atoms with E-state index in [1.807, 2.05) is 18.2 Å². The molecule has 1 saturated heterocycles.